The molecule has 0 aromatic rings. The highest BCUT2D eigenvalue weighted by molar-refractivity contribution is 4.95. The van der Waals surface area contributed by atoms with E-state index in [1.54, 1.807) is 0 Å². The molecule has 110 valence electrons. The zero-order valence-electron chi connectivity index (χ0n) is 12.4. The molecule has 0 bridgehead atoms. The van der Waals surface area contributed by atoms with E-state index in [4.69, 9.17) is 4.74 Å². The van der Waals surface area contributed by atoms with E-state index < -0.39 is 5.60 Å². The van der Waals surface area contributed by atoms with Gasteiger partial charge in [-0.1, -0.05) is 19.3 Å². The number of hydrogen-bond donors (Lipinski definition) is 1. The summed E-state index contributed by atoms with van der Waals surface area (Å²) in [5.41, 5.74) is -0.291. The highest BCUT2D eigenvalue weighted by Gasteiger charge is 2.42. The quantitative estimate of drug-likeness (QED) is 0.793. The largest absolute Gasteiger partial charge is 0.389 e. The molecule has 3 fully saturated rings. The first-order valence-electron chi connectivity index (χ1n) is 8.19. The second-order valence-electron chi connectivity index (χ2n) is 7.31. The molecular formula is C16H29NO2. The minimum Gasteiger partial charge on any atom is -0.389 e. The summed E-state index contributed by atoms with van der Waals surface area (Å²) in [6.07, 6.45) is 11.0. The van der Waals surface area contributed by atoms with E-state index in [1.165, 1.54) is 38.5 Å². The Kier molecular flexibility index (Phi) is 3.89. The molecule has 1 aliphatic carbocycles. The maximum Gasteiger partial charge on any atom is 0.0746 e. The van der Waals surface area contributed by atoms with Crippen molar-refractivity contribution >= 4 is 0 Å². The fraction of sp³-hybridized carbons (Fsp3) is 1.00. The van der Waals surface area contributed by atoms with E-state index in [-0.39, 0.29) is 5.60 Å². The maximum atomic E-state index is 10.3. The first-order chi connectivity index (χ1) is 9.09. The van der Waals surface area contributed by atoms with Crippen LogP contribution in [-0.4, -0.2) is 46.9 Å². The highest BCUT2D eigenvalue weighted by atomic mass is 16.5. The summed E-state index contributed by atoms with van der Waals surface area (Å²) >= 11 is 0. The van der Waals surface area contributed by atoms with E-state index >= 15 is 0 Å². The SMILES string of the molecule is CC1(O)CCCN(C2CCOC3(CCCCC3)C2)C1. The van der Waals surface area contributed by atoms with Gasteiger partial charge in [0.05, 0.1) is 11.2 Å². The molecule has 0 aromatic carbocycles. The second-order valence-corrected chi connectivity index (χ2v) is 7.31. The van der Waals surface area contributed by atoms with Crippen LogP contribution in [-0.2, 0) is 4.74 Å². The van der Waals surface area contributed by atoms with Crippen molar-refractivity contribution in [3.63, 3.8) is 0 Å². The van der Waals surface area contributed by atoms with E-state index in [9.17, 15) is 5.11 Å². The number of β-amino-alcohol motifs (C(OH)–C–C–N with tert-alkyl or cyclic N) is 1. The van der Waals surface area contributed by atoms with Crippen molar-refractivity contribution < 1.29 is 9.84 Å². The lowest BCUT2D eigenvalue weighted by molar-refractivity contribution is -0.135. The Labute approximate surface area is 117 Å². The van der Waals surface area contributed by atoms with Gasteiger partial charge in [0, 0.05) is 19.2 Å². The lowest BCUT2D eigenvalue weighted by Gasteiger charge is -2.49. The van der Waals surface area contributed by atoms with Gasteiger partial charge in [-0.3, -0.25) is 4.90 Å². The van der Waals surface area contributed by atoms with Gasteiger partial charge in [0.15, 0.2) is 0 Å². The fourth-order valence-electron chi connectivity index (χ4n) is 4.43. The van der Waals surface area contributed by atoms with E-state index in [0.717, 1.165) is 39.0 Å². The number of piperidine rings is 1. The third-order valence-corrected chi connectivity index (χ3v) is 5.45. The average Bonchev–Trinajstić information content (AvgIpc) is 2.38. The molecule has 2 aliphatic heterocycles. The number of likely N-dealkylation sites (tertiary alicyclic amines) is 1. The molecule has 2 unspecified atom stereocenters. The summed E-state index contributed by atoms with van der Waals surface area (Å²) in [5.74, 6) is 0. The molecule has 3 nitrogen and oxygen atoms in total. The molecule has 2 saturated heterocycles. The Balaban J connectivity index is 1.64. The van der Waals surface area contributed by atoms with Crippen molar-refractivity contribution in [1.82, 2.24) is 4.90 Å². The highest BCUT2D eigenvalue weighted by Crippen LogP contribution is 2.40. The lowest BCUT2D eigenvalue weighted by atomic mass is 9.77. The Morgan fingerprint density at radius 3 is 2.63 bits per heavy atom. The van der Waals surface area contributed by atoms with E-state index in [2.05, 4.69) is 4.90 Å². The number of nitrogens with zero attached hydrogens (tertiary/aromatic N) is 1. The number of ether oxygens (including phenoxy) is 1. The second kappa shape index (κ2) is 5.34. The van der Waals surface area contributed by atoms with Gasteiger partial charge in [-0.2, -0.15) is 0 Å². The molecule has 3 heteroatoms. The van der Waals surface area contributed by atoms with Crippen molar-refractivity contribution in [3.05, 3.63) is 0 Å². The molecular weight excluding hydrogens is 238 g/mol. The Bertz CT molecular complexity index is 304. The molecule has 2 atom stereocenters. The zero-order valence-corrected chi connectivity index (χ0v) is 12.4. The standard InChI is InChI=1S/C16H29NO2/c1-15(18)7-5-10-17(13-15)14-6-11-19-16(12-14)8-3-2-4-9-16/h14,18H,2-13H2,1H3. The summed E-state index contributed by atoms with van der Waals surface area (Å²) in [5, 5.41) is 10.3. The normalized spacial score (nSPS) is 40.4. The average molecular weight is 267 g/mol. The predicted octanol–water partition coefficient (Wildman–Crippen LogP) is 2.72. The first kappa shape index (κ1) is 13.8. The van der Waals surface area contributed by atoms with Gasteiger partial charge < -0.3 is 9.84 Å². The number of aliphatic hydroxyl groups is 1. The minimum atomic E-state index is -0.476. The van der Waals surface area contributed by atoms with Crippen LogP contribution < -0.4 is 0 Å². The van der Waals surface area contributed by atoms with Crippen molar-refractivity contribution in [3.8, 4) is 0 Å². The number of rotatable bonds is 1. The van der Waals surface area contributed by atoms with Crippen LogP contribution in [0.1, 0.15) is 64.7 Å². The van der Waals surface area contributed by atoms with Gasteiger partial charge in [0.25, 0.3) is 0 Å². The first-order valence-corrected chi connectivity index (χ1v) is 8.19. The molecule has 3 rings (SSSR count). The van der Waals surface area contributed by atoms with Crippen molar-refractivity contribution in [1.29, 1.82) is 0 Å². The Morgan fingerprint density at radius 1 is 1.11 bits per heavy atom. The van der Waals surface area contributed by atoms with Crippen LogP contribution in [0.4, 0.5) is 0 Å². The molecule has 1 spiro atoms. The zero-order chi connectivity index (χ0) is 13.3. The molecule has 0 amide bonds. The van der Waals surface area contributed by atoms with Crippen LogP contribution in [0.3, 0.4) is 0 Å². The van der Waals surface area contributed by atoms with Gasteiger partial charge in [0.2, 0.25) is 0 Å². The lowest BCUT2D eigenvalue weighted by Crippen LogP contribution is -2.55. The fourth-order valence-corrected chi connectivity index (χ4v) is 4.43. The topological polar surface area (TPSA) is 32.7 Å². The molecule has 2 heterocycles. The summed E-state index contributed by atoms with van der Waals surface area (Å²) in [7, 11) is 0. The van der Waals surface area contributed by atoms with Crippen molar-refractivity contribution in [2.75, 3.05) is 19.7 Å². The van der Waals surface area contributed by atoms with Gasteiger partial charge >= 0.3 is 0 Å². The van der Waals surface area contributed by atoms with Crippen LogP contribution in [0.15, 0.2) is 0 Å². The summed E-state index contributed by atoms with van der Waals surface area (Å²) in [4.78, 5) is 2.54. The maximum absolute atomic E-state index is 10.3. The summed E-state index contributed by atoms with van der Waals surface area (Å²) in [6, 6.07) is 0.638. The van der Waals surface area contributed by atoms with Crippen LogP contribution >= 0.6 is 0 Å². The summed E-state index contributed by atoms with van der Waals surface area (Å²) < 4.78 is 6.19. The minimum absolute atomic E-state index is 0.185. The third-order valence-electron chi connectivity index (χ3n) is 5.45. The van der Waals surface area contributed by atoms with Crippen molar-refractivity contribution in [2.24, 2.45) is 0 Å². The molecule has 19 heavy (non-hydrogen) atoms. The monoisotopic (exact) mass is 267 g/mol. The molecule has 1 saturated carbocycles. The van der Waals surface area contributed by atoms with Crippen molar-refractivity contribution in [2.45, 2.75) is 82.0 Å². The molecule has 3 aliphatic rings. The van der Waals surface area contributed by atoms with E-state index in [0.29, 0.717) is 6.04 Å². The predicted molar refractivity (Wildman–Crippen MR) is 76.2 cm³/mol. The Hall–Kier alpha value is -0.120. The smallest absolute Gasteiger partial charge is 0.0746 e. The Morgan fingerprint density at radius 2 is 1.89 bits per heavy atom. The van der Waals surface area contributed by atoms with Crippen LogP contribution in [0.25, 0.3) is 0 Å². The number of hydrogen-bond acceptors (Lipinski definition) is 3. The van der Waals surface area contributed by atoms with Gasteiger partial charge in [-0.05, 0) is 52.0 Å². The van der Waals surface area contributed by atoms with Gasteiger partial charge in [-0.25, -0.2) is 0 Å². The van der Waals surface area contributed by atoms with E-state index in [1.807, 2.05) is 6.92 Å². The van der Waals surface area contributed by atoms with Gasteiger partial charge in [-0.15, -0.1) is 0 Å². The van der Waals surface area contributed by atoms with Crippen LogP contribution in [0, 0.1) is 0 Å². The molecule has 0 aromatic heterocycles. The summed E-state index contributed by atoms with van der Waals surface area (Å²) in [6.45, 7) is 4.93. The van der Waals surface area contributed by atoms with Gasteiger partial charge in [0.1, 0.15) is 0 Å². The molecule has 1 N–H and O–H groups in total. The third kappa shape index (κ3) is 3.14. The van der Waals surface area contributed by atoms with Crippen LogP contribution in [0.2, 0.25) is 0 Å². The molecule has 0 radical (unpaired) electrons. The van der Waals surface area contributed by atoms with Crippen LogP contribution in [0.5, 0.6) is 0 Å².